The van der Waals surface area contributed by atoms with Crippen LogP contribution in [0.1, 0.15) is 133 Å². The minimum absolute atomic E-state index is 0.425. The summed E-state index contributed by atoms with van der Waals surface area (Å²) < 4.78 is 0. The van der Waals surface area contributed by atoms with Gasteiger partial charge in [-0.15, -0.1) is 0 Å². The van der Waals surface area contributed by atoms with E-state index in [0.29, 0.717) is 23.3 Å². The van der Waals surface area contributed by atoms with E-state index in [2.05, 4.69) is 109 Å². The molecule has 0 aromatic heterocycles. The highest BCUT2D eigenvalue weighted by atomic mass is 16.3. The monoisotopic (exact) mass is 875 g/mol. The Labute approximate surface area is 394 Å². The van der Waals surface area contributed by atoms with E-state index in [-0.39, 0.29) is 0 Å². The lowest BCUT2D eigenvalue weighted by molar-refractivity contribution is 0.260. The van der Waals surface area contributed by atoms with Crippen LogP contribution in [-0.2, 0) is 51.4 Å². The molecule has 6 aromatic rings. The molecule has 1 fully saturated rings. The zero-order valence-corrected chi connectivity index (χ0v) is 39.7. The second-order valence-corrected chi connectivity index (χ2v) is 21.0. The highest BCUT2D eigenvalue weighted by Crippen LogP contribution is 2.49. The van der Waals surface area contributed by atoms with Crippen LogP contribution in [0.4, 0.5) is 11.4 Å². The molecule has 5 aliphatic rings. The van der Waals surface area contributed by atoms with Gasteiger partial charge in [0.15, 0.2) is 0 Å². The van der Waals surface area contributed by atoms with E-state index in [0.717, 1.165) is 109 Å². The number of aryl methyl sites for hydroxylation is 6. The number of fused-ring (bicyclic) bond motifs is 4. The number of benzene rings is 6. The number of anilines is 2. The number of phenolic OH excluding ortho intramolecular Hbond substituents is 2. The van der Waals surface area contributed by atoms with Crippen LogP contribution >= 0.6 is 0 Å². The molecule has 2 atom stereocenters. The molecule has 1 unspecified atom stereocenters. The Morgan fingerprint density at radius 2 is 0.727 bits per heavy atom. The molecule has 4 N–H and O–H groups in total. The lowest BCUT2D eigenvalue weighted by atomic mass is 9.76. The molecule has 11 rings (SSSR count). The maximum absolute atomic E-state index is 12.4. The van der Waals surface area contributed by atoms with Crippen molar-refractivity contribution in [2.45, 2.75) is 142 Å². The first-order valence-corrected chi connectivity index (χ1v) is 26.1. The Kier molecular flexibility index (Phi) is 12.2. The first kappa shape index (κ1) is 43.1. The van der Waals surface area contributed by atoms with Gasteiger partial charge in [-0.1, -0.05) is 61.4 Å². The molecule has 0 heterocycles. The van der Waals surface area contributed by atoms with Crippen molar-refractivity contribution in [1.82, 2.24) is 0 Å². The molecule has 340 valence electrons. The Balaban J connectivity index is 0.857. The third kappa shape index (κ3) is 8.22. The quantitative estimate of drug-likeness (QED) is 0.111. The summed E-state index contributed by atoms with van der Waals surface area (Å²) in [5, 5.41) is 32.8. The minimum atomic E-state index is 0.425. The number of para-hydroxylation sites is 2. The predicted molar refractivity (Wildman–Crippen MR) is 276 cm³/mol. The molecule has 6 aromatic carbocycles. The van der Waals surface area contributed by atoms with Gasteiger partial charge in [0.2, 0.25) is 0 Å². The van der Waals surface area contributed by atoms with E-state index >= 15 is 0 Å². The molecule has 0 aliphatic heterocycles. The molecule has 0 amide bonds. The summed E-state index contributed by atoms with van der Waals surface area (Å²) in [7, 11) is 0. The van der Waals surface area contributed by atoms with Crippen LogP contribution in [0.25, 0.3) is 44.5 Å². The van der Waals surface area contributed by atoms with Crippen molar-refractivity contribution in [2.75, 3.05) is 23.7 Å². The van der Waals surface area contributed by atoms with E-state index in [1.165, 1.54) is 144 Å². The van der Waals surface area contributed by atoms with Crippen molar-refractivity contribution in [2.24, 2.45) is 11.8 Å². The summed E-state index contributed by atoms with van der Waals surface area (Å²) in [6.07, 6.45) is 23.9. The average molecular weight is 875 g/mol. The van der Waals surface area contributed by atoms with Crippen LogP contribution in [0.3, 0.4) is 0 Å². The molecule has 5 aliphatic carbocycles. The molecule has 1 saturated carbocycles. The summed E-state index contributed by atoms with van der Waals surface area (Å²) in [5.41, 5.74) is 25.4. The van der Waals surface area contributed by atoms with Gasteiger partial charge in [0.05, 0.1) is 0 Å². The number of rotatable bonds is 10. The van der Waals surface area contributed by atoms with Crippen LogP contribution in [0.5, 0.6) is 11.5 Å². The van der Waals surface area contributed by atoms with Gasteiger partial charge in [0.1, 0.15) is 11.5 Å². The van der Waals surface area contributed by atoms with Crippen molar-refractivity contribution in [1.29, 1.82) is 0 Å². The fourth-order valence-electron chi connectivity index (χ4n) is 13.3. The van der Waals surface area contributed by atoms with Crippen molar-refractivity contribution < 1.29 is 10.2 Å². The van der Waals surface area contributed by atoms with Gasteiger partial charge in [0.25, 0.3) is 0 Å². The Bertz CT molecular complexity index is 2540. The minimum Gasteiger partial charge on any atom is -0.507 e. The Hall–Kier alpha value is -5.48. The second kappa shape index (κ2) is 18.7. The zero-order chi connectivity index (χ0) is 44.7. The smallest absolute Gasteiger partial charge is 0.131 e. The average Bonchev–Trinajstić information content (AvgIpc) is 3.35. The summed E-state index contributed by atoms with van der Waals surface area (Å²) in [5.74, 6) is 1.86. The number of nitrogens with one attached hydrogen (secondary N) is 2. The first-order valence-electron chi connectivity index (χ1n) is 26.1. The Morgan fingerprint density at radius 1 is 0.394 bits per heavy atom. The van der Waals surface area contributed by atoms with Crippen molar-refractivity contribution in [3.63, 3.8) is 0 Å². The first-order chi connectivity index (χ1) is 32.4. The van der Waals surface area contributed by atoms with Crippen LogP contribution < -0.4 is 10.6 Å². The fourth-order valence-corrected chi connectivity index (χ4v) is 13.3. The van der Waals surface area contributed by atoms with Gasteiger partial charge in [-0.05, 0) is 244 Å². The number of phenols is 2. The highest BCUT2D eigenvalue weighted by molar-refractivity contribution is 5.92. The van der Waals surface area contributed by atoms with E-state index in [9.17, 15) is 10.2 Å². The highest BCUT2D eigenvalue weighted by Gasteiger charge is 2.30. The summed E-state index contributed by atoms with van der Waals surface area (Å²) in [6.45, 7) is 6.17. The molecule has 0 radical (unpaired) electrons. The molecule has 0 saturated heterocycles. The summed E-state index contributed by atoms with van der Waals surface area (Å²) in [4.78, 5) is 0. The zero-order valence-electron chi connectivity index (χ0n) is 39.7. The molecule has 0 spiro atoms. The van der Waals surface area contributed by atoms with E-state index < -0.39 is 0 Å². The standard InChI is InChI=1S/C62H70N2O2/c1-39-31-53(61(65)55(33-39)59-47-23-9-5-17-41(47)35-42-18-6-10-24-48(42)59)51-27-13-15-29-57(51)63-37-45-21-3-4-22-46(45)38-64-58-30-16-14-28-52(58)54-32-40(2)34-56(62(54)66)60-49-25-11-7-19-43(49)36-44-20-8-12-26-50(44)60/h13-16,27-36,45-46,63-66H,3-12,17-26,37-38H2,1-2H3/t45-,46?/m1/s1. The molecular formula is C62H70N2O2. The maximum atomic E-state index is 12.4. The third-order valence-electron chi connectivity index (χ3n) is 16.6. The molecule has 4 nitrogen and oxygen atoms in total. The predicted octanol–water partition coefficient (Wildman–Crippen LogP) is 15.2. The van der Waals surface area contributed by atoms with Crippen LogP contribution in [0.15, 0.2) is 84.9 Å². The van der Waals surface area contributed by atoms with Crippen LogP contribution in [0.2, 0.25) is 0 Å². The van der Waals surface area contributed by atoms with Crippen molar-refractivity contribution in [3.8, 4) is 56.0 Å². The van der Waals surface area contributed by atoms with Crippen molar-refractivity contribution in [3.05, 3.63) is 141 Å². The largest absolute Gasteiger partial charge is 0.507 e. The normalized spacial score (nSPS) is 19.0. The SMILES string of the molecule is Cc1cc(-c2ccccc2NCC2CCCC[C@@H]2CNc2ccccc2-c2cc(C)cc(-c3c4c(cc5c3CCCC5)CCCC4)c2O)c(O)c(-c2c3c(cc4c2CCCC4)CCCC3)c1. The van der Waals surface area contributed by atoms with Gasteiger partial charge in [-0.3, -0.25) is 0 Å². The van der Waals surface area contributed by atoms with E-state index in [1.807, 2.05) is 0 Å². The van der Waals surface area contributed by atoms with Gasteiger partial charge in [-0.25, -0.2) is 0 Å². The molecule has 0 bridgehead atoms. The van der Waals surface area contributed by atoms with E-state index in [1.54, 1.807) is 0 Å². The summed E-state index contributed by atoms with van der Waals surface area (Å²) in [6, 6.07) is 31.3. The molecular weight excluding hydrogens is 805 g/mol. The maximum Gasteiger partial charge on any atom is 0.131 e. The summed E-state index contributed by atoms with van der Waals surface area (Å²) >= 11 is 0. The number of hydrogen-bond acceptors (Lipinski definition) is 4. The van der Waals surface area contributed by atoms with Gasteiger partial charge in [0, 0.05) is 57.8 Å². The number of aromatic hydroxyl groups is 2. The van der Waals surface area contributed by atoms with Crippen LogP contribution in [0, 0.1) is 25.7 Å². The van der Waals surface area contributed by atoms with E-state index in [4.69, 9.17) is 0 Å². The van der Waals surface area contributed by atoms with Gasteiger partial charge in [-0.2, -0.15) is 0 Å². The number of hydrogen-bond donors (Lipinski definition) is 4. The van der Waals surface area contributed by atoms with Gasteiger partial charge < -0.3 is 20.8 Å². The lowest BCUT2D eigenvalue weighted by Gasteiger charge is -2.33. The second-order valence-electron chi connectivity index (χ2n) is 21.0. The lowest BCUT2D eigenvalue weighted by Crippen LogP contribution is -2.31. The van der Waals surface area contributed by atoms with Gasteiger partial charge >= 0.3 is 0 Å². The molecule has 4 heteroatoms. The fraction of sp³-hybridized carbons (Fsp3) is 0.419. The van der Waals surface area contributed by atoms with Crippen molar-refractivity contribution >= 4 is 11.4 Å². The Morgan fingerprint density at radius 3 is 1.11 bits per heavy atom. The molecule has 66 heavy (non-hydrogen) atoms. The third-order valence-corrected chi connectivity index (χ3v) is 16.6. The van der Waals surface area contributed by atoms with Crippen LogP contribution in [-0.4, -0.2) is 23.3 Å². The topological polar surface area (TPSA) is 64.5 Å².